The molecule has 1 heterocycles. The van der Waals surface area contributed by atoms with Crippen molar-refractivity contribution < 1.29 is 14.8 Å². The van der Waals surface area contributed by atoms with Gasteiger partial charge in [0.2, 0.25) is 5.69 Å². The Morgan fingerprint density at radius 2 is 2.17 bits per heavy atom. The van der Waals surface area contributed by atoms with Crippen molar-refractivity contribution in [3.8, 4) is 0 Å². The van der Waals surface area contributed by atoms with Crippen molar-refractivity contribution in [1.29, 1.82) is 0 Å². The Labute approximate surface area is 103 Å². The first-order valence-corrected chi connectivity index (χ1v) is 5.74. The van der Waals surface area contributed by atoms with E-state index in [0.717, 1.165) is 6.20 Å². The van der Waals surface area contributed by atoms with E-state index in [4.69, 9.17) is 0 Å². The van der Waals surface area contributed by atoms with Gasteiger partial charge in [0.05, 0.1) is 11.0 Å². The van der Waals surface area contributed by atoms with Crippen LogP contribution in [0.4, 0.5) is 5.69 Å². The molecule has 8 nitrogen and oxygen atoms in total. The van der Waals surface area contributed by atoms with Crippen molar-refractivity contribution in [3.63, 3.8) is 0 Å². The highest BCUT2D eigenvalue weighted by Gasteiger charge is 2.26. The average Bonchev–Trinajstić information content (AvgIpc) is 2.81. The van der Waals surface area contributed by atoms with Gasteiger partial charge in [-0.15, -0.1) is 0 Å². The molecule has 8 heteroatoms. The topological polar surface area (TPSA) is 121 Å². The normalized spacial score (nSPS) is 23.6. The van der Waals surface area contributed by atoms with Crippen molar-refractivity contribution >= 4 is 11.6 Å². The zero-order valence-electron chi connectivity index (χ0n) is 9.63. The number of hydrogen-bond donors (Lipinski definition) is 3. The van der Waals surface area contributed by atoms with E-state index in [0.29, 0.717) is 25.7 Å². The average molecular weight is 254 g/mol. The lowest BCUT2D eigenvalue weighted by Gasteiger charge is -2.25. The summed E-state index contributed by atoms with van der Waals surface area (Å²) in [7, 11) is 0. The first-order valence-electron chi connectivity index (χ1n) is 5.74. The SMILES string of the molecule is O=C(NC1CCC(O)CC1)c1[nH]ncc1[N+](=O)[O-]. The molecule has 18 heavy (non-hydrogen) atoms. The second-order valence-electron chi connectivity index (χ2n) is 4.37. The maximum Gasteiger partial charge on any atom is 0.319 e. The van der Waals surface area contributed by atoms with Crippen LogP contribution in [0.5, 0.6) is 0 Å². The van der Waals surface area contributed by atoms with Gasteiger partial charge in [0.1, 0.15) is 6.20 Å². The molecular weight excluding hydrogens is 240 g/mol. The third-order valence-corrected chi connectivity index (χ3v) is 3.08. The summed E-state index contributed by atoms with van der Waals surface area (Å²) in [5.74, 6) is -0.527. The van der Waals surface area contributed by atoms with Gasteiger partial charge in [-0.05, 0) is 25.7 Å². The molecule has 0 spiro atoms. The summed E-state index contributed by atoms with van der Waals surface area (Å²) < 4.78 is 0. The maximum absolute atomic E-state index is 11.8. The maximum atomic E-state index is 11.8. The van der Waals surface area contributed by atoms with E-state index in [2.05, 4.69) is 15.5 Å². The standard InChI is InChI=1S/C10H14N4O4/c15-7-3-1-6(2-4-7)12-10(16)9-8(14(17)18)5-11-13-9/h5-7,15H,1-4H2,(H,11,13)(H,12,16). The van der Waals surface area contributed by atoms with Gasteiger partial charge in [-0.25, -0.2) is 0 Å². The minimum Gasteiger partial charge on any atom is -0.393 e. The third kappa shape index (κ3) is 2.65. The summed E-state index contributed by atoms with van der Waals surface area (Å²) in [5.41, 5.74) is -0.463. The molecule has 1 saturated carbocycles. The lowest BCUT2D eigenvalue weighted by atomic mass is 9.93. The van der Waals surface area contributed by atoms with Crippen molar-refractivity contribution in [2.45, 2.75) is 37.8 Å². The number of aromatic nitrogens is 2. The fourth-order valence-electron chi connectivity index (χ4n) is 2.06. The Morgan fingerprint density at radius 1 is 1.50 bits per heavy atom. The molecule has 0 aliphatic heterocycles. The fourth-order valence-corrected chi connectivity index (χ4v) is 2.06. The minimum absolute atomic E-state index is 0.0520. The molecule has 2 rings (SSSR count). The number of carbonyl (C=O) groups is 1. The van der Waals surface area contributed by atoms with Crippen molar-refractivity contribution in [2.24, 2.45) is 0 Å². The number of nitrogens with one attached hydrogen (secondary N) is 2. The fraction of sp³-hybridized carbons (Fsp3) is 0.600. The molecule has 98 valence electrons. The van der Waals surface area contributed by atoms with Gasteiger partial charge in [-0.2, -0.15) is 5.10 Å². The third-order valence-electron chi connectivity index (χ3n) is 3.08. The first kappa shape index (κ1) is 12.5. The molecular formula is C10H14N4O4. The highest BCUT2D eigenvalue weighted by atomic mass is 16.6. The number of amides is 1. The molecule has 1 aliphatic carbocycles. The van der Waals surface area contributed by atoms with E-state index in [1.54, 1.807) is 0 Å². The molecule has 0 bridgehead atoms. The smallest absolute Gasteiger partial charge is 0.319 e. The highest BCUT2D eigenvalue weighted by Crippen LogP contribution is 2.20. The van der Waals surface area contributed by atoms with Gasteiger partial charge in [0.15, 0.2) is 0 Å². The summed E-state index contributed by atoms with van der Waals surface area (Å²) in [6.45, 7) is 0. The van der Waals surface area contributed by atoms with Gasteiger partial charge in [-0.1, -0.05) is 0 Å². The number of hydrogen-bond acceptors (Lipinski definition) is 5. The molecule has 1 aliphatic rings. The summed E-state index contributed by atoms with van der Waals surface area (Å²) in [5, 5.41) is 28.5. The van der Waals surface area contributed by atoms with Crippen LogP contribution in [0.3, 0.4) is 0 Å². The molecule has 0 unspecified atom stereocenters. The molecule has 1 aromatic heterocycles. The second-order valence-corrected chi connectivity index (χ2v) is 4.37. The van der Waals surface area contributed by atoms with Crippen LogP contribution in [0.15, 0.2) is 6.20 Å². The van der Waals surface area contributed by atoms with E-state index in [1.807, 2.05) is 0 Å². The zero-order chi connectivity index (χ0) is 13.1. The lowest BCUT2D eigenvalue weighted by Crippen LogP contribution is -2.38. The van der Waals surface area contributed by atoms with Crippen LogP contribution in [0.2, 0.25) is 0 Å². The van der Waals surface area contributed by atoms with Gasteiger partial charge < -0.3 is 10.4 Å². The zero-order valence-corrected chi connectivity index (χ0v) is 9.63. The Hall–Kier alpha value is -1.96. The first-order chi connectivity index (χ1) is 8.58. The summed E-state index contributed by atoms with van der Waals surface area (Å²) in [4.78, 5) is 21.8. The van der Waals surface area contributed by atoms with Crippen LogP contribution in [-0.4, -0.2) is 38.3 Å². The monoisotopic (exact) mass is 254 g/mol. The van der Waals surface area contributed by atoms with E-state index in [1.165, 1.54) is 0 Å². The molecule has 0 aromatic carbocycles. The van der Waals surface area contributed by atoms with E-state index < -0.39 is 10.8 Å². The number of nitro groups is 1. The van der Waals surface area contributed by atoms with Gasteiger partial charge in [0, 0.05) is 6.04 Å². The Morgan fingerprint density at radius 3 is 2.78 bits per heavy atom. The number of rotatable bonds is 3. The largest absolute Gasteiger partial charge is 0.393 e. The van der Waals surface area contributed by atoms with Gasteiger partial charge in [-0.3, -0.25) is 20.0 Å². The Kier molecular flexibility index (Phi) is 3.56. The van der Waals surface area contributed by atoms with Crippen LogP contribution >= 0.6 is 0 Å². The van der Waals surface area contributed by atoms with E-state index in [-0.39, 0.29) is 23.5 Å². The number of aromatic amines is 1. The van der Waals surface area contributed by atoms with E-state index >= 15 is 0 Å². The second kappa shape index (κ2) is 5.13. The number of H-pyrrole nitrogens is 1. The Bertz CT molecular complexity index is 450. The molecule has 0 atom stereocenters. The molecule has 0 radical (unpaired) electrons. The van der Waals surface area contributed by atoms with Crippen molar-refractivity contribution in [1.82, 2.24) is 15.5 Å². The van der Waals surface area contributed by atoms with Crippen LogP contribution in [0, 0.1) is 10.1 Å². The molecule has 1 amide bonds. The number of carbonyl (C=O) groups excluding carboxylic acids is 1. The van der Waals surface area contributed by atoms with Crippen LogP contribution in [0.25, 0.3) is 0 Å². The molecule has 3 N–H and O–H groups in total. The molecule has 0 saturated heterocycles. The summed E-state index contributed by atoms with van der Waals surface area (Å²) in [6, 6.07) is -0.0520. The number of aliphatic hydroxyl groups is 1. The van der Waals surface area contributed by atoms with E-state index in [9.17, 15) is 20.0 Å². The predicted octanol–water partition coefficient (Wildman–Crippen LogP) is 0.351. The van der Waals surface area contributed by atoms with Crippen molar-refractivity contribution in [3.05, 3.63) is 22.0 Å². The van der Waals surface area contributed by atoms with Gasteiger partial charge in [0.25, 0.3) is 5.91 Å². The number of nitrogens with zero attached hydrogens (tertiary/aromatic N) is 2. The van der Waals surface area contributed by atoms with Crippen LogP contribution < -0.4 is 5.32 Å². The molecule has 1 aromatic rings. The quantitative estimate of drug-likeness (QED) is 0.530. The van der Waals surface area contributed by atoms with Crippen LogP contribution in [-0.2, 0) is 0 Å². The summed E-state index contributed by atoms with van der Waals surface area (Å²) in [6.07, 6.45) is 3.33. The van der Waals surface area contributed by atoms with Crippen LogP contribution in [0.1, 0.15) is 36.2 Å². The predicted molar refractivity (Wildman–Crippen MR) is 61.0 cm³/mol. The van der Waals surface area contributed by atoms with Crippen molar-refractivity contribution in [2.75, 3.05) is 0 Å². The summed E-state index contributed by atoms with van der Waals surface area (Å²) >= 11 is 0. The molecule has 1 fully saturated rings. The minimum atomic E-state index is -0.650. The Balaban J connectivity index is 1.99. The number of aliphatic hydroxyl groups excluding tert-OH is 1. The lowest BCUT2D eigenvalue weighted by molar-refractivity contribution is -0.385. The van der Waals surface area contributed by atoms with Gasteiger partial charge >= 0.3 is 5.69 Å². The highest BCUT2D eigenvalue weighted by molar-refractivity contribution is 5.96.